The zero-order valence-electron chi connectivity index (χ0n) is 8.24. The molecule has 0 aliphatic heterocycles. The van der Waals surface area contributed by atoms with Gasteiger partial charge >= 0.3 is 5.69 Å². The first kappa shape index (κ1) is 11.9. The highest BCUT2D eigenvalue weighted by molar-refractivity contribution is 5.57. The van der Waals surface area contributed by atoms with E-state index in [9.17, 15) is 19.6 Å². The minimum Gasteiger partial charge on any atom is -0.501 e. The molecule has 0 bridgehead atoms. The van der Waals surface area contributed by atoms with Gasteiger partial charge in [-0.1, -0.05) is 11.8 Å². The molecule has 16 heavy (non-hydrogen) atoms. The van der Waals surface area contributed by atoms with Crippen molar-refractivity contribution in [3.63, 3.8) is 0 Å². The van der Waals surface area contributed by atoms with Crippen molar-refractivity contribution in [3.05, 3.63) is 33.6 Å². The van der Waals surface area contributed by atoms with E-state index in [1.807, 2.05) is 0 Å². The Kier molecular flexibility index (Phi) is 3.80. The molecular formula is C10H9FN2O3. The van der Waals surface area contributed by atoms with Crippen LogP contribution >= 0.6 is 0 Å². The van der Waals surface area contributed by atoms with Gasteiger partial charge < -0.3 is 10.8 Å². The number of phenolic OH excluding ortho intramolecular Hbond substituents is 1. The second-order valence-corrected chi connectivity index (χ2v) is 2.92. The number of nitro benzene ring substituents is 1. The van der Waals surface area contributed by atoms with Gasteiger partial charge in [0.1, 0.15) is 5.82 Å². The normalized spacial score (nSPS) is 9.38. The molecule has 84 valence electrons. The third-order valence-electron chi connectivity index (χ3n) is 1.74. The molecule has 1 aromatic rings. The Labute approximate surface area is 90.8 Å². The number of phenols is 1. The van der Waals surface area contributed by atoms with Crippen LogP contribution in [-0.4, -0.2) is 16.6 Å². The lowest BCUT2D eigenvalue weighted by Crippen LogP contribution is -1.96. The van der Waals surface area contributed by atoms with E-state index in [0.29, 0.717) is 19.0 Å². The van der Waals surface area contributed by atoms with Crippen LogP contribution in [0, 0.1) is 27.8 Å². The highest BCUT2D eigenvalue weighted by Crippen LogP contribution is 2.30. The average Bonchev–Trinajstić information content (AvgIpc) is 2.22. The summed E-state index contributed by atoms with van der Waals surface area (Å²) in [6.45, 7) is 0.325. The molecule has 0 saturated carbocycles. The van der Waals surface area contributed by atoms with Crippen molar-refractivity contribution in [3.8, 4) is 17.6 Å². The van der Waals surface area contributed by atoms with Gasteiger partial charge in [0.15, 0.2) is 0 Å². The maximum Gasteiger partial charge on any atom is 0.314 e. The van der Waals surface area contributed by atoms with E-state index in [-0.39, 0.29) is 5.56 Å². The first-order chi connectivity index (χ1) is 7.56. The van der Waals surface area contributed by atoms with E-state index >= 15 is 0 Å². The summed E-state index contributed by atoms with van der Waals surface area (Å²) in [5, 5.41) is 19.9. The largest absolute Gasteiger partial charge is 0.501 e. The van der Waals surface area contributed by atoms with Crippen molar-refractivity contribution in [2.24, 2.45) is 5.73 Å². The summed E-state index contributed by atoms with van der Waals surface area (Å²) in [5.74, 6) is 3.54. The number of hydrogen-bond acceptors (Lipinski definition) is 4. The van der Waals surface area contributed by atoms with E-state index in [2.05, 4.69) is 11.8 Å². The molecule has 0 aromatic heterocycles. The van der Waals surface area contributed by atoms with Crippen molar-refractivity contribution in [1.29, 1.82) is 0 Å². The van der Waals surface area contributed by atoms with Crippen LogP contribution < -0.4 is 5.73 Å². The molecule has 0 heterocycles. The minimum atomic E-state index is -0.869. The van der Waals surface area contributed by atoms with Gasteiger partial charge in [0.2, 0.25) is 5.75 Å². The first-order valence-electron chi connectivity index (χ1n) is 4.42. The molecule has 5 nitrogen and oxygen atoms in total. The Bertz CT molecular complexity index is 477. The summed E-state index contributed by atoms with van der Waals surface area (Å²) in [4.78, 5) is 9.60. The van der Waals surface area contributed by atoms with Gasteiger partial charge in [0, 0.05) is 13.0 Å². The molecule has 0 radical (unpaired) electrons. The molecule has 1 rings (SSSR count). The summed E-state index contributed by atoms with van der Waals surface area (Å²) in [5.41, 5.74) is 4.38. The van der Waals surface area contributed by atoms with E-state index in [0.717, 1.165) is 6.07 Å². The average molecular weight is 224 g/mol. The second-order valence-electron chi connectivity index (χ2n) is 2.92. The summed E-state index contributed by atoms with van der Waals surface area (Å²) < 4.78 is 13.0. The molecule has 6 heteroatoms. The topological polar surface area (TPSA) is 89.4 Å². The zero-order chi connectivity index (χ0) is 12.1. The molecule has 0 aliphatic rings. The molecule has 0 spiro atoms. The number of halogens is 1. The van der Waals surface area contributed by atoms with Gasteiger partial charge in [-0.05, 0) is 6.07 Å². The van der Waals surface area contributed by atoms with E-state index in [4.69, 9.17) is 5.73 Å². The summed E-state index contributed by atoms with van der Waals surface area (Å²) in [6.07, 6.45) is 0.365. The number of nitro groups is 1. The highest BCUT2D eigenvalue weighted by atomic mass is 19.1. The van der Waals surface area contributed by atoms with Crippen molar-refractivity contribution in [2.75, 3.05) is 6.54 Å². The van der Waals surface area contributed by atoms with Gasteiger partial charge in [0.05, 0.1) is 16.6 Å². The van der Waals surface area contributed by atoms with Crippen LogP contribution in [0.5, 0.6) is 5.75 Å². The predicted molar refractivity (Wildman–Crippen MR) is 55.3 cm³/mol. The highest BCUT2D eigenvalue weighted by Gasteiger charge is 2.18. The molecule has 0 aliphatic carbocycles. The third kappa shape index (κ3) is 2.68. The number of benzene rings is 1. The monoisotopic (exact) mass is 224 g/mol. The van der Waals surface area contributed by atoms with Crippen LogP contribution in [0.2, 0.25) is 0 Å². The van der Waals surface area contributed by atoms with Crippen LogP contribution in [0.25, 0.3) is 0 Å². The molecule has 0 atom stereocenters. The van der Waals surface area contributed by atoms with Gasteiger partial charge in [-0.3, -0.25) is 10.1 Å². The van der Waals surface area contributed by atoms with Gasteiger partial charge in [-0.2, -0.15) is 0 Å². The standard InChI is InChI=1S/C10H9FN2O3/c11-8-5-7(3-1-2-4-12)10(14)9(6-8)13(15)16/h5-6,14H,2,4,12H2. The number of hydrogen-bond donors (Lipinski definition) is 2. The molecule has 3 N–H and O–H groups in total. The number of rotatable bonds is 2. The van der Waals surface area contributed by atoms with Crippen molar-refractivity contribution in [2.45, 2.75) is 6.42 Å². The second kappa shape index (κ2) is 5.09. The van der Waals surface area contributed by atoms with Crippen LogP contribution in [0.3, 0.4) is 0 Å². The molecule has 0 unspecified atom stereocenters. The number of nitrogens with zero attached hydrogens (tertiary/aromatic N) is 1. The van der Waals surface area contributed by atoms with E-state index < -0.39 is 22.2 Å². The summed E-state index contributed by atoms with van der Waals surface area (Å²) in [6, 6.07) is 1.58. The van der Waals surface area contributed by atoms with Crippen LogP contribution in [0.15, 0.2) is 12.1 Å². The lowest BCUT2D eigenvalue weighted by Gasteiger charge is -1.99. The van der Waals surface area contributed by atoms with Crippen molar-refractivity contribution < 1.29 is 14.4 Å². The number of aromatic hydroxyl groups is 1. The van der Waals surface area contributed by atoms with Crippen LogP contribution in [-0.2, 0) is 0 Å². The SMILES string of the molecule is NCCC#Cc1cc(F)cc([N+](=O)[O-])c1O. The Morgan fingerprint density at radius 3 is 2.81 bits per heavy atom. The smallest absolute Gasteiger partial charge is 0.314 e. The Morgan fingerprint density at radius 1 is 1.56 bits per heavy atom. The van der Waals surface area contributed by atoms with Gasteiger partial charge in [0.25, 0.3) is 0 Å². The fourth-order valence-corrected chi connectivity index (χ4v) is 1.05. The maximum atomic E-state index is 13.0. The lowest BCUT2D eigenvalue weighted by atomic mass is 10.1. The fourth-order valence-electron chi connectivity index (χ4n) is 1.05. The lowest BCUT2D eigenvalue weighted by molar-refractivity contribution is -0.386. The Morgan fingerprint density at radius 2 is 2.25 bits per heavy atom. The van der Waals surface area contributed by atoms with Crippen molar-refractivity contribution in [1.82, 2.24) is 0 Å². The molecule has 1 aromatic carbocycles. The van der Waals surface area contributed by atoms with Crippen LogP contribution in [0.4, 0.5) is 10.1 Å². The maximum absolute atomic E-state index is 13.0. The summed E-state index contributed by atoms with van der Waals surface area (Å²) >= 11 is 0. The molecule has 0 saturated heterocycles. The first-order valence-corrected chi connectivity index (χ1v) is 4.42. The third-order valence-corrected chi connectivity index (χ3v) is 1.74. The molecule has 0 amide bonds. The molecule has 0 fully saturated rings. The molecular weight excluding hydrogens is 215 g/mol. The van der Waals surface area contributed by atoms with E-state index in [1.165, 1.54) is 0 Å². The van der Waals surface area contributed by atoms with Gasteiger partial charge in [-0.25, -0.2) is 4.39 Å². The number of nitrogens with two attached hydrogens (primary N) is 1. The quantitative estimate of drug-likeness (QED) is 0.447. The Hall–Kier alpha value is -2.13. The summed E-state index contributed by atoms with van der Waals surface area (Å²) in [7, 11) is 0. The fraction of sp³-hybridized carbons (Fsp3) is 0.200. The Balaban J connectivity index is 3.21. The zero-order valence-corrected chi connectivity index (χ0v) is 8.24. The van der Waals surface area contributed by atoms with E-state index in [1.54, 1.807) is 0 Å². The van der Waals surface area contributed by atoms with Gasteiger partial charge in [-0.15, -0.1) is 0 Å². The van der Waals surface area contributed by atoms with Crippen molar-refractivity contribution >= 4 is 5.69 Å². The predicted octanol–water partition coefficient (Wildman–Crippen LogP) is 1.14. The minimum absolute atomic E-state index is 0.111. The van der Waals surface area contributed by atoms with Crippen LogP contribution in [0.1, 0.15) is 12.0 Å².